The Hall–Kier alpha value is -2.26. The number of allylic oxidation sites excluding steroid dienone is 4. The quantitative estimate of drug-likeness (QED) is 0.410. The molecule has 212 valence electrons. The highest BCUT2D eigenvalue weighted by atomic mass is 16.5. The normalized spacial score (nSPS) is 44.5. The lowest BCUT2D eigenvalue weighted by atomic mass is 9.38. The number of ether oxygens (including phenoxy) is 2. The van der Waals surface area contributed by atoms with E-state index < -0.39 is 16.2 Å². The van der Waals surface area contributed by atoms with Crippen LogP contribution in [0.15, 0.2) is 23.3 Å². The molecule has 3 fully saturated rings. The first-order valence-electron chi connectivity index (χ1n) is 14.8. The fraction of sp³-hybridized carbons (Fsp3) is 0.758. The van der Waals surface area contributed by atoms with Gasteiger partial charge in [-0.2, -0.15) is 5.26 Å². The van der Waals surface area contributed by atoms with Crippen LogP contribution in [0.3, 0.4) is 0 Å². The van der Waals surface area contributed by atoms with E-state index >= 15 is 0 Å². The number of carbonyl (C=O) groups excluding carboxylic acids is 3. The first-order valence-corrected chi connectivity index (χ1v) is 14.8. The number of Topliss-reactive ketones (excluding diaryl/α,β-unsaturated/α-hetero) is 1. The number of methoxy groups -OCH3 is 2. The van der Waals surface area contributed by atoms with Crippen LogP contribution < -0.4 is 0 Å². The largest absolute Gasteiger partial charge is 0.469 e. The van der Waals surface area contributed by atoms with Crippen LogP contribution in [-0.2, 0) is 23.9 Å². The number of rotatable bonds is 4. The fourth-order valence-corrected chi connectivity index (χ4v) is 10.3. The predicted octanol–water partition coefficient (Wildman–Crippen LogP) is 6.01. The number of hydrogen-bond acceptors (Lipinski definition) is 6. The monoisotopic (exact) mass is 535 g/mol. The molecule has 0 radical (unpaired) electrons. The minimum atomic E-state index is -0.730. The van der Waals surface area contributed by atoms with E-state index in [-0.39, 0.29) is 57.6 Å². The summed E-state index contributed by atoms with van der Waals surface area (Å²) in [7, 11) is 3.12. The van der Waals surface area contributed by atoms with Gasteiger partial charge in [-0.15, -0.1) is 0 Å². The van der Waals surface area contributed by atoms with Crippen molar-refractivity contribution < 1.29 is 23.9 Å². The number of fused-ring (bicyclic) bond motifs is 7. The molecular formula is C33H45NO5. The Bertz CT molecular complexity index is 1210. The summed E-state index contributed by atoms with van der Waals surface area (Å²) in [5.74, 6) is -0.264. The Labute approximate surface area is 233 Å². The molecule has 5 rings (SSSR count). The van der Waals surface area contributed by atoms with E-state index in [9.17, 15) is 19.6 Å². The molecule has 0 aromatic rings. The first-order chi connectivity index (χ1) is 18.2. The van der Waals surface area contributed by atoms with E-state index in [1.54, 1.807) is 7.11 Å². The summed E-state index contributed by atoms with van der Waals surface area (Å²) < 4.78 is 10.8. The molecule has 5 aliphatic rings. The lowest BCUT2D eigenvalue weighted by Crippen LogP contribution is -2.62. The number of carbonyl (C=O) groups is 3. The molecule has 0 N–H and O–H groups in total. The molecule has 0 aliphatic heterocycles. The molecule has 0 amide bonds. The van der Waals surface area contributed by atoms with Gasteiger partial charge in [0.1, 0.15) is 6.07 Å². The van der Waals surface area contributed by atoms with Crippen molar-refractivity contribution in [1.29, 1.82) is 5.26 Å². The minimum absolute atomic E-state index is 0.0141. The third-order valence-corrected chi connectivity index (χ3v) is 12.3. The lowest BCUT2D eigenvalue weighted by molar-refractivity contribution is -0.178. The van der Waals surface area contributed by atoms with Gasteiger partial charge in [-0.05, 0) is 86.0 Å². The summed E-state index contributed by atoms with van der Waals surface area (Å²) in [5, 5.41) is 10.0. The molecule has 6 nitrogen and oxygen atoms in total. The maximum absolute atomic E-state index is 14.3. The average Bonchev–Trinajstić information content (AvgIpc) is 2.89. The van der Waals surface area contributed by atoms with Gasteiger partial charge in [-0.1, -0.05) is 46.3 Å². The van der Waals surface area contributed by atoms with Crippen molar-refractivity contribution in [2.24, 2.45) is 50.7 Å². The maximum Gasteiger partial charge on any atom is 0.312 e. The van der Waals surface area contributed by atoms with Crippen LogP contribution in [0.25, 0.3) is 0 Å². The topological polar surface area (TPSA) is 93.5 Å². The van der Waals surface area contributed by atoms with Gasteiger partial charge in [0.25, 0.3) is 0 Å². The van der Waals surface area contributed by atoms with Crippen molar-refractivity contribution in [2.75, 3.05) is 20.8 Å². The van der Waals surface area contributed by atoms with Crippen molar-refractivity contribution in [1.82, 2.24) is 0 Å². The third-order valence-electron chi connectivity index (χ3n) is 12.3. The van der Waals surface area contributed by atoms with E-state index in [1.807, 2.05) is 19.1 Å². The molecule has 3 saturated carbocycles. The van der Waals surface area contributed by atoms with Crippen molar-refractivity contribution in [3.8, 4) is 6.07 Å². The van der Waals surface area contributed by atoms with Gasteiger partial charge in [0.15, 0.2) is 11.6 Å². The summed E-state index contributed by atoms with van der Waals surface area (Å²) in [4.78, 5) is 41.2. The second-order valence-corrected chi connectivity index (χ2v) is 14.7. The minimum Gasteiger partial charge on any atom is -0.469 e. The molecular weight excluding hydrogens is 490 g/mol. The van der Waals surface area contributed by atoms with Crippen LogP contribution in [-0.4, -0.2) is 38.4 Å². The lowest BCUT2D eigenvalue weighted by Gasteiger charge is -2.64. The molecule has 0 aromatic carbocycles. The summed E-state index contributed by atoms with van der Waals surface area (Å²) in [5.41, 5.74) is -0.779. The maximum atomic E-state index is 14.3. The molecule has 39 heavy (non-hydrogen) atoms. The van der Waals surface area contributed by atoms with Crippen LogP contribution >= 0.6 is 0 Å². The summed E-state index contributed by atoms with van der Waals surface area (Å²) in [6.07, 6.45) is 10.2. The van der Waals surface area contributed by atoms with Gasteiger partial charge in [-0.3, -0.25) is 14.4 Å². The smallest absolute Gasteiger partial charge is 0.312 e. The third kappa shape index (κ3) is 3.78. The Morgan fingerprint density at radius 1 is 1.03 bits per heavy atom. The first kappa shape index (κ1) is 28.3. The molecule has 6 heteroatoms. The van der Waals surface area contributed by atoms with Gasteiger partial charge < -0.3 is 9.47 Å². The van der Waals surface area contributed by atoms with Crippen LogP contribution in [0.4, 0.5) is 0 Å². The van der Waals surface area contributed by atoms with Crippen LogP contribution in [0.2, 0.25) is 0 Å². The zero-order chi connectivity index (χ0) is 28.6. The second-order valence-electron chi connectivity index (χ2n) is 14.7. The van der Waals surface area contributed by atoms with Gasteiger partial charge in [0.2, 0.25) is 0 Å². The van der Waals surface area contributed by atoms with E-state index in [2.05, 4.69) is 33.8 Å². The number of nitrogens with zero attached hydrogens (tertiary/aromatic N) is 1. The van der Waals surface area contributed by atoms with E-state index in [1.165, 1.54) is 7.11 Å². The van der Waals surface area contributed by atoms with Crippen LogP contribution in [0.5, 0.6) is 0 Å². The van der Waals surface area contributed by atoms with Gasteiger partial charge in [0.05, 0.1) is 18.1 Å². The van der Waals surface area contributed by atoms with Crippen molar-refractivity contribution in [2.45, 2.75) is 86.0 Å². The van der Waals surface area contributed by atoms with Gasteiger partial charge in [0, 0.05) is 30.5 Å². The molecule has 0 aromatic heterocycles. The van der Waals surface area contributed by atoms with Crippen LogP contribution in [0.1, 0.15) is 86.0 Å². The number of hydrogen-bond donors (Lipinski definition) is 0. The zero-order valence-corrected chi connectivity index (χ0v) is 24.8. The Kier molecular flexibility index (Phi) is 6.62. The average molecular weight is 536 g/mol. The Balaban J connectivity index is 1.64. The zero-order valence-electron chi connectivity index (χ0n) is 24.8. The molecule has 0 spiro atoms. The highest BCUT2D eigenvalue weighted by Gasteiger charge is 2.67. The van der Waals surface area contributed by atoms with Crippen molar-refractivity contribution >= 4 is 17.5 Å². The van der Waals surface area contributed by atoms with E-state index in [4.69, 9.17) is 9.47 Å². The van der Waals surface area contributed by atoms with E-state index in [0.29, 0.717) is 13.0 Å². The highest BCUT2D eigenvalue weighted by Crippen LogP contribution is 2.70. The summed E-state index contributed by atoms with van der Waals surface area (Å²) in [6.45, 7) is 11.4. The summed E-state index contributed by atoms with van der Waals surface area (Å²) in [6, 6.07) is 2.20. The van der Waals surface area contributed by atoms with Crippen molar-refractivity contribution in [3.63, 3.8) is 0 Å². The Morgan fingerprint density at radius 3 is 2.38 bits per heavy atom. The van der Waals surface area contributed by atoms with Gasteiger partial charge >= 0.3 is 5.97 Å². The molecule has 5 aliphatic carbocycles. The standard InChI is InChI=1S/C33H45NO5/c1-29(2)12-13-33(28(37)39-7)11-8-21-26(22(33)18-29)23(35)16-25-30(21,3)10-9-24-31(4,14-15-38-6)27(36)20(19-34)17-32(24,25)5/h16-17,21-22,24,26H,8-15,18H2,1-7H3/t21?,22?,24?,26?,30-,31-,32-,33+/m0/s1. The van der Waals surface area contributed by atoms with Crippen LogP contribution in [0, 0.1) is 62.1 Å². The fourth-order valence-electron chi connectivity index (χ4n) is 10.3. The summed E-state index contributed by atoms with van der Waals surface area (Å²) >= 11 is 0. The van der Waals surface area contributed by atoms with E-state index in [0.717, 1.165) is 50.5 Å². The number of nitriles is 1. The predicted molar refractivity (Wildman–Crippen MR) is 147 cm³/mol. The molecule has 0 saturated heterocycles. The highest BCUT2D eigenvalue weighted by molar-refractivity contribution is 6.05. The molecule has 0 heterocycles. The van der Waals surface area contributed by atoms with Gasteiger partial charge in [-0.25, -0.2) is 0 Å². The molecule has 0 bridgehead atoms. The van der Waals surface area contributed by atoms with Crippen molar-refractivity contribution in [3.05, 3.63) is 23.3 Å². The second kappa shape index (κ2) is 9.13. The molecule has 4 unspecified atom stereocenters. The number of esters is 1. The SMILES string of the molecule is COCC[C@]1(C)C(=O)C(C#N)=C[C@]2(C)C3=CC(=O)C4C5CC(C)(C)CC[C@]5(C(=O)OC)CCC4[C@]3(C)CCC21. The molecule has 8 atom stereocenters. The Morgan fingerprint density at radius 2 is 1.74 bits per heavy atom. The number of ketones is 2.